The van der Waals surface area contributed by atoms with Gasteiger partial charge in [-0.15, -0.1) is 0 Å². The molecular weight excluding hydrogens is 202 g/mol. The Morgan fingerprint density at radius 2 is 2.00 bits per heavy atom. The molecule has 0 heterocycles. The van der Waals surface area contributed by atoms with Crippen molar-refractivity contribution in [2.45, 2.75) is 45.6 Å². The normalized spacial score (nSPS) is 34.7. The Morgan fingerprint density at radius 3 is 2.44 bits per heavy atom. The van der Waals surface area contributed by atoms with Crippen molar-refractivity contribution in [3.8, 4) is 0 Å². The summed E-state index contributed by atoms with van der Waals surface area (Å²) in [7, 11) is 1.68. The predicted octanol–water partition coefficient (Wildman–Crippen LogP) is 1.78. The molecule has 0 radical (unpaired) electrons. The molecule has 0 bridgehead atoms. The van der Waals surface area contributed by atoms with Gasteiger partial charge in [0.15, 0.2) is 0 Å². The molecule has 1 saturated carbocycles. The SMILES string of the molecule is COCC(C)C(O)C1(CN)CCC(C)CC1. The highest BCUT2D eigenvalue weighted by Crippen LogP contribution is 2.42. The van der Waals surface area contributed by atoms with Crippen LogP contribution in [0.2, 0.25) is 0 Å². The van der Waals surface area contributed by atoms with Crippen molar-refractivity contribution in [3.63, 3.8) is 0 Å². The standard InChI is InChI=1S/C13H27NO2/c1-10-4-6-13(9-14,7-5-10)12(15)11(2)8-16-3/h10-12,15H,4-9,14H2,1-3H3. The highest BCUT2D eigenvalue weighted by molar-refractivity contribution is 4.93. The van der Waals surface area contributed by atoms with Gasteiger partial charge in [0, 0.05) is 25.0 Å². The summed E-state index contributed by atoms with van der Waals surface area (Å²) in [6, 6.07) is 0. The van der Waals surface area contributed by atoms with Crippen molar-refractivity contribution >= 4 is 0 Å². The first-order valence-electron chi connectivity index (χ1n) is 6.43. The number of nitrogens with two attached hydrogens (primary N) is 1. The summed E-state index contributed by atoms with van der Waals surface area (Å²) < 4.78 is 5.13. The van der Waals surface area contributed by atoms with E-state index in [0.29, 0.717) is 13.2 Å². The maximum absolute atomic E-state index is 10.5. The van der Waals surface area contributed by atoms with Crippen molar-refractivity contribution < 1.29 is 9.84 Å². The van der Waals surface area contributed by atoms with Crippen LogP contribution in [0.1, 0.15) is 39.5 Å². The Morgan fingerprint density at radius 1 is 1.44 bits per heavy atom. The number of hydrogen-bond acceptors (Lipinski definition) is 3. The monoisotopic (exact) mass is 229 g/mol. The molecule has 2 unspecified atom stereocenters. The zero-order chi connectivity index (χ0) is 12.2. The summed E-state index contributed by atoms with van der Waals surface area (Å²) in [5, 5.41) is 10.5. The number of aliphatic hydroxyl groups is 1. The first-order chi connectivity index (χ1) is 7.55. The highest BCUT2D eigenvalue weighted by Gasteiger charge is 2.41. The van der Waals surface area contributed by atoms with Crippen LogP contribution in [0.25, 0.3) is 0 Å². The molecule has 1 aliphatic carbocycles. The summed E-state index contributed by atoms with van der Waals surface area (Å²) in [5.74, 6) is 0.951. The molecule has 0 aromatic rings. The maximum Gasteiger partial charge on any atom is 0.0655 e. The van der Waals surface area contributed by atoms with Crippen molar-refractivity contribution in [2.24, 2.45) is 23.0 Å². The predicted molar refractivity (Wildman–Crippen MR) is 66.2 cm³/mol. The van der Waals surface area contributed by atoms with Crippen molar-refractivity contribution in [1.29, 1.82) is 0 Å². The number of hydrogen-bond donors (Lipinski definition) is 2. The second-order valence-corrected chi connectivity index (χ2v) is 5.63. The molecule has 3 N–H and O–H groups in total. The van der Waals surface area contributed by atoms with Gasteiger partial charge < -0.3 is 15.6 Å². The van der Waals surface area contributed by atoms with Gasteiger partial charge in [-0.1, -0.05) is 26.7 Å². The third-order valence-electron chi connectivity index (χ3n) is 4.27. The molecular formula is C13H27NO2. The minimum absolute atomic E-state index is 0.0650. The van der Waals surface area contributed by atoms with E-state index in [1.807, 2.05) is 6.92 Å². The maximum atomic E-state index is 10.5. The Kier molecular flexibility index (Phi) is 5.22. The van der Waals surface area contributed by atoms with Gasteiger partial charge in [0.1, 0.15) is 0 Å². The van der Waals surface area contributed by atoms with Crippen molar-refractivity contribution in [1.82, 2.24) is 0 Å². The first-order valence-corrected chi connectivity index (χ1v) is 6.43. The lowest BCUT2D eigenvalue weighted by Crippen LogP contribution is -2.48. The number of methoxy groups -OCH3 is 1. The largest absolute Gasteiger partial charge is 0.392 e. The smallest absolute Gasteiger partial charge is 0.0655 e. The summed E-state index contributed by atoms with van der Waals surface area (Å²) in [5.41, 5.74) is 5.85. The second-order valence-electron chi connectivity index (χ2n) is 5.63. The summed E-state index contributed by atoms with van der Waals surface area (Å²) in [6.07, 6.45) is 4.16. The molecule has 1 fully saturated rings. The van der Waals surface area contributed by atoms with Crippen LogP contribution in [0, 0.1) is 17.3 Å². The summed E-state index contributed by atoms with van der Waals surface area (Å²) in [6.45, 7) is 5.53. The molecule has 0 amide bonds. The zero-order valence-corrected chi connectivity index (χ0v) is 10.9. The molecule has 0 aliphatic heterocycles. The molecule has 0 aromatic carbocycles. The second kappa shape index (κ2) is 5.99. The molecule has 1 rings (SSSR count). The molecule has 2 atom stereocenters. The minimum Gasteiger partial charge on any atom is -0.392 e. The van der Waals surface area contributed by atoms with Crippen molar-refractivity contribution in [2.75, 3.05) is 20.3 Å². The quantitative estimate of drug-likeness (QED) is 0.755. The van der Waals surface area contributed by atoms with E-state index in [1.165, 1.54) is 12.8 Å². The fraction of sp³-hybridized carbons (Fsp3) is 1.00. The molecule has 96 valence electrons. The molecule has 3 nitrogen and oxygen atoms in total. The number of aliphatic hydroxyl groups excluding tert-OH is 1. The Labute approximate surface area is 99.4 Å². The van der Waals surface area contributed by atoms with Gasteiger partial charge in [0.05, 0.1) is 12.7 Å². The molecule has 1 aliphatic rings. The van der Waals surface area contributed by atoms with E-state index < -0.39 is 0 Å². The minimum atomic E-state index is -0.329. The van der Waals surface area contributed by atoms with Gasteiger partial charge in [-0.05, 0) is 18.8 Å². The van der Waals surface area contributed by atoms with Crippen LogP contribution < -0.4 is 5.73 Å². The van der Waals surface area contributed by atoms with Crippen molar-refractivity contribution in [3.05, 3.63) is 0 Å². The van der Waals surface area contributed by atoms with Crippen LogP contribution in [0.15, 0.2) is 0 Å². The average molecular weight is 229 g/mol. The van der Waals surface area contributed by atoms with Crippen LogP contribution in [0.5, 0.6) is 0 Å². The lowest BCUT2D eigenvalue weighted by molar-refractivity contribution is -0.0560. The molecule has 0 saturated heterocycles. The fourth-order valence-corrected chi connectivity index (χ4v) is 2.92. The van der Waals surface area contributed by atoms with Gasteiger partial charge in [-0.25, -0.2) is 0 Å². The Balaban J connectivity index is 2.64. The lowest BCUT2D eigenvalue weighted by Gasteiger charge is -2.44. The highest BCUT2D eigenvalue weighted by atomic mass is 16.5. The molecule has 0 aromatic heterocycles. The van der Waals surface area contributed by atoms with Gasteiger partial charge in [0.2, 0.25) is 0 Å². The van der Waals surface area contributed by atoms with E-state index >= 15 is 0 Å². The van der Waals surface area contributed by atoms with Gasteiger partial charge in [-0.3, -0.25) is 0 Å². The molecule has 3 heteroatoms. The van der Waals surface area contributed by atoms with E-state index in [9.17, 15) is 5.11 Å². The zero-order valence-electron chi connectivity index (χ0n) is 10.9. The van der Waals surface area contributed by atoms with E-state index in [0.717, 1.165) is 18.8 Å². The number of ether oxygens (including phenoxy) is 1. The van der Waals surface area contributed by atoms with Crippen LogP contribution in [-0.2, 0) is 4.74 Å². The Hall–Kier alpha value is -0.120. The molecule has 16 heavy (non-hydrogen) atoms. The molecule has 0 spiro atoms. The van der Waals surface area contributed by atoms with Gasteiger partial charge in [0.25, 0.3) is 0 Å². The first kappa shape index (κ1) is 13.9. The van der Waals surface area contributed by atoms with E-state index in [4.69, 9.17) is 10.5 Å². The number of rotatable bonds is 5. The van der Waals surface area contributed by atoms with Crippen LogP contribution in [0.3, 0.4) is 0 Å². The van der Waals surface area contributed by atoms with Crippen LogP contribution >= 0.6 is 0 Å². The van der Waals surface area contributed by atoms with Crippen LogP contribution in [0.4, 0.5) is 0 Å². The van der Waals surface area contributed by atoms with E-state index in [-0.39, 0.29) is 17.4 Å². The van der Waals surface area contributed by atoms with E-state index in [2.05, 4.69) is 6.92 Å². The lowest BCUT2D eigenvalue weighted by atomic mass is 9.65. The average Bonchev–Trinajstić information content (AvgIpc) is 2.30. The van der Waals surface area contributed by atoms with E-state index in [1.54, 1.807) is 7.11 Å². The Bertz CT molecular complexity index is 200. The summed E-state index contributed by atoms with van der Waals surface area (Å²) >= 11 is 0. The van der Waals surface area contributed by atoms with Gasteiger partial charge >= 0.3 is 0 Å². The van der Waals surface area contributed by atoms with Crippen LogP contribution in [-0.4, -0.2) is 31.5 Å². The summed E-state index contributed by atoms with van der Waals surface area (Å²) in [4.78, 5) is 0. The third kappa shape index (κ3) is 2.96. The topological polar surface area (TPSA) is 55.5 Å². The fourth-order valence-electron chi connectivity index (χ4n) is 2.92. The van der Waals surface area contributed by atoms with Gasteiger partial charge in [-0.2, -0.15) is 0 Å². The third-order valence-corrected chi connectivity index (χ3v) is 4.27.